The lowest BCUT2D eigenvalue weighted by atomic mass is 10.3. The molecule has 0 aliphatic rings. The third-order valence-electron chi connectivity index (χ3n) is 2.88. The Morgan fingerprint density at radius 1 is 1.19 bits per heavy atom. The van der Waals surface area contributed by atoms with Crippen molar-refractivity contribution in [2.45, 2.75) is 19.8 Å². The van der Waals surface area contributed by atoms with E-state index in [4.69, 9.17) is 0 Å². The van der Waals surface area contributed by atoms with Gasteiger partial charge in [-0.15, -0.1) is 0 Å². The molecule has 0 bridgehead atoms. The minimum atomic E-state index is 0.0108. The quantitative estimate of drug-likeness (QED) is 0.798. The summed E-state index contributed by atoms with van der Waals surface area (Å²) in [6, 6.07) is 9.69. The molecule has 2 rings (SSSR count). The number of amides is 1. The smallest absolute Gasteiger partial charge is 0.226 e. The first-order chi connectivity index (χ1) is 10.2. The number of thioether (sulfide) groups is 1. The molecule has 5 heteroatoms. The van der Waals surface area contributed by atoms with Gasteiger partial charge < -0.3 is 5.32 Å². The first-order valence-electron chi connectivity index (χ1n) is 6.94. The fourth-order valence-electron chi connectivity index (χ4n) is 1.74. The van der Waals surface area contributed by atoms with Crippen LogP contribution in [0.4, 0.5) is 5.82 Å². The molecule has 0 spiro atoms. The molecular formula is C16H19N3OS. The van der Waals surface area contributed by atoms with Gasteiger partial charge in [0.25, 0.3) is 0 Å². The Labute approximate surface area is 129 Å². The third kappa shape index (κ3) is 5.95. The number of aryl methyl sites for hydroxylation is 2. The van der Waals surface area contributed by atoms with Crippen molar-refractivity contribution >= 4 is 23.5 Å². The van der Waals surface area contributed by atoms with Crippen molar-refractivity contribution < 1.29 is 4.79 Å². The Balaban J connectivity index is 1.60. The Morgan fingerprint density at radius 3 is 2.81 bits per heavy atom. The van der Waals surface area contributed by atoms with E-state index < -0.39 is 0 Å². The van der Waals surface area contributed by atoms with Gasteiger partial charge in [0.05, 0.1) is 0 Å². The highest BCUT2D eigenvalue weighted by molar-refractivity contribution is 7.99. The van der Waals surface area contributed by atoms with E-state index in [1.54, 1.807) is 18.0 Å². The monoisotopic (exact) mass is 301 g/mol. The van der Waals surface area contributed by atoms with Crippen LogP contribution in [0.5, 0.6) is 0 Å². The van der Waals surface area contributed by atoms with Gasteiger partial charge in [-0.1, -0.05) is 12.1 Å². The van der Waals surface area contributed by atoms with Crippen LogP contribution in [-0.4, -0.2) is 27.4 Å². The predicted octanol–water partition coefficient (Wildman–Crippen LogP) is 3.09. The van der Waals surface area contributed by atoms with Gasteiger partial charge in [0.2, 0.25) is 5.91 Å². The molecule has 0 radical (unpaired) electrons. The third-order valence-corrected chi connectivity index (χ3v) is 3.87. The SMILES string of the molecule is Cc1ccc(NC(=O)CCSCCc2ccccn2)nc1. The van der Waals surface area contributed by atoms with E-state index >= 15 is 0 Å². The molecule has 2 aromatic rings. The van der Waals surface area contributed by atoms with Crippen LogP contribution < -0.4 is 5.32 Å². The summed E-state index contributed by atoms with van der Waals surface area (Å²) in [7, 11) is 0. The van der Waals surface area contributed by atoms with E-state index in [1.807, 2.05) is 43.5 Å². The molecule has 0 saturated carbocycles. The lowest BCUT2D eigenvalue weighted by Crippen LogP contribution is -2.13. The summed E-state index contributed by atoms with van der Waals surface area (Å²) in [5.41, 5.74) is 2.18. The first-order valence-corrected chi connectivity index (χ1v) is 8.09. The van der Waals surface area contributed by atoms with Crippen LogP contribution in [-0.2, 0) is 11.2 Å². The van der Waals surface area contributed by atoms with Crippen molar-refractivity contribution in [1.29, 1.82) is 0 Å². The maximum Gasteiger partial charge on any atom is 0.226 e. The number of nitrogens with zero attached hydrogens (tertiary/aromatic N) is 2. The fraction of sp³-hybridized carbons (Fsp3) is 0.312. The number of hydrogen-bond acceptors (Lipinski definition) is 4. The number of carbonyl (C=O) groups excluding carboxylic acids is 1. The van der Waals surface area contributed by atoms with Gasteiger partial charge in [-0.25, -0.2) is 4.98 Å². The Morgan fingerprint density at radius 2 is 2.10 bits per heavy atom. The zero-order valence-electron chi connectivity index (χ0n) is 12.1. The van der Waals surface area contributed by atoms with Crippen LogP contribution in [0.1, 0.15) is 17.7 Å². The second-order valence-electron chi connectivity index (χ2n) is 4.70. The normalized spacial score (nSPS) is 10.3. The molecule has 2 aromatic heterocycles. The molecule has 110 valence electrons. The average molecular weight is 301 g/mol. The molecular weight excluding hydrogens is 282 g/mol. The summed E-state index contributed by atoms with van der Waals surface area (Å²) in [6.07, 6.45) is 4.99. The molecule has 1 amide bonds. The number of rotatable bonds is 7. The largest absolute Gasteiger partial charge is 0.311 e. The minimum absolute atomic E-state index is 0.0108. The molecule has 1 N–H and O–H groups in total. The Hall–Kier alpha value is -1.88. The van der Waals surface area contributed by atoms with Gasteiger partial charge in [-0.2, -0.15) is 11.8 Å². The van der Waals surface area contributed by atoms with Gasteiger partial charge in [0, 0.05) is 30.3 Å². The summed E-state index contributed by atoms with van der Waals surface area (Å²) in [6.45, 7) is 1.97. The van der Waals surface area contributed by atoms with Crippen molar-refractivity contribution in [2.24, 2.45) is 0 Å². The van der Waals surface area contributed by atoms with Crippen LogP contribution in [0.25, 0.3) is 0 Å². The molecule has 2 heterocycles. The van der Waals surface area contributed by atoms with Gasteiger partial charge in [0.1, 0.15) is 5.82 Å². The van der Waals surface area contributed by atoms with Gasteiger partial charge in [0.15, 0.2) is 0 Å². The molecule has 0 saturated heterocycles. The molecule has 0 unspecified atom stereocenters. The Kier molecular flexibility index (Phi) is 6.22. The van der Waals surface area contributed by atoms with E-state index in [1.165, 1.54) is 0 Å². The summed E-state index contributed by atoms with van der Waals surface area (Å²) in [4.78, 5) is 20.2. The van der Waals surface area contributed by atoms with Gasteiger partial charge in [-0.3, -0.25) is 9.78 Å². The van der Waals surface area contributed by atoms with E-state index in [2.05, 4.69) is 15.3 Å². The highest BCUT2D eigenvalue weighted by atomic mass is 32.2. The minimum Gasteiger partial charge on any atom is -0.311 e. The number of nitrogens with one attached hydrogen (secondary N) is 1. The summed E-state index contributed by atoms with van der Waals surface area (Å²) in [5, 5.41) is 2.80. The van der Waals surface area contributed by atoms with E-state index in [0.29, 0.717) is 12.2 Å². The summed E-state index contributed by atoms with van der Waals surface area (Å²) >= 11 is 1.77. The molecule has 0 atom stereocenters. The standard InChI is InChI=1S/C16H19N3OS/c1-13-5-6-15(18-12-13)19-16(20)8-11-21-10-7-14-4-2-3-9-17-14/h2-6,9,12H,7-8,10-11H2,1H3,(H,18,19,20). The lowest BCUT2D eigenvalue weighted by molar-refractivity contribution is -0.115. The molecule has 0 aliphatic carbocycles. The molecule has 0 aliphatic heterocycles. The number of aromatic nitrogens is 2. The first kappa shape index (κ1) is 15.5. The van der Waals surface area contributed by atoms with Crippen molar-refractivity contribution in [3.05, 3.63) is 54.0 Å². The highest BCUT2D eigenvalue weighted by Gasteiger charge is 2.03. The number of pyridine rings is 2. The van der Waals surface area contributed by atoms with Crippen LogP contribution in [0, 0.1) is 6.92 Å². The maximum absolute atomic E-state index is 11.8. The zero-order chi connectivity index (χ0) is 14.9. The van der Waals surface area contributed by atoms with Crippen molar-refractivity contribution in [2.75, 3.05) is 16.8 Å². The zero-order valence-corrected chi connectivity index (χ0v) is 12.9. The fourth-order valence-corrected chi connectivity index (χ4v) is 2.62. The number of carbonyl (C=O) groups is 1. The van der Waals surface area contributed by atoms with Crippen LogP contribution >= 0.6 is 11.8 Å². The van der Waals surface area contributed by atoms with Crippen molar-refractivity contribution in [3.63, 3.8) is 0 Å². The second kappa shape index (κ2) is 8.42. The number of hydrogen-bond donors (Lipinski definition) is 1. The Bertz CT molecular complexity index is 557. The van der Waals surface area contributed by atoms with Gasteiger partial charge in [-0.05, 0) is 42.9 Å². The molecule has 21 heavy (non-hydrogen) atoms. The van der Waals surface area contributed by atoms with Crippen LogP contribution in [0.2, 0.25) is 0 Å². The molecule has 0 aromatic carbocycles. The van der Waals surface area contributed by atoms with Crippen molar-refractivity contribution in [3.8, 4) is 0 Å². The van der Waals surface area contributed by atoms with Gasteiger partial charge >= 0.3 is 0 Å². The van der Waals surface area contributed by atoms with Crippen LogP contribution in [0.15, 0.2) is 42.7 Å². The lowest BCUT2D eigenvalue weighted by Gasteiger charge is -2.04. The topological polar surface area (TPSA) is 54.9 Å². The van der Waals surface area contributed by atoms with E-state index in [0.717, 1.165) is 29.2 Å². The van der Waals surface area contributed by atoms with Crippen molar-refractivity contribution in [1.82, 2.24) is 9.97 Å². The van der Waals surface area contributed by atoms with E-state index in [-0.39, 0.29) is 5.91 Å². The van der Waals surface area contributed by atoms with Crippen LogP contribution in [0.3, 0.4) is 0 Å². The highest BCUT2D eigenvalue weighted by Crippen LogP contribution is 2.08. The summed E-state index contributed by atoms with van der Waals surface area (Å²) < 4.78 is 0. The maximum atomic E-state index is 11.8. The second-order valence-corrected chi connectivity index (χ2v) is 5.93. The number of anilines is 1. The summed E-state index contributed by atoms with van der Waals surface area (Å²) in [5.74, 6) is 2.42. The average Bonchev–Trinajstić information content (AvgIpc) is 2.50. The predicted molar refractivity (Wildman–Crippen MR) is 87.5 cm³/mol. The molecule has 4 nitrogen and oxygen atoms in total. The molecule has 0 fully saturated rings. The van der Waals surface area contributed by atoms with E-state index in [9.17, 15) is 4.79 Å².